The Morgan fingerprint density at radius 3 is 2.56 bits per heavy atom. The van der Waals surface area contributed by atoms with Crippen LogP contribution < -0.4 is 9.62 Å². The van der Waals surface area contributed by atoms with Crippen molar-refractivity contribution in [2.45, 2.75) is 56.3 Å². The Hall–Kier alpha value is -2.03. The molecule has 32 heavy (non-hydrogen) atoms. The van der Waals surface area contributed by atoms with Gasteiger partial charge in [-0.2, -0.15) is 0 Å². The second-order valence-corrected chi connectivity index (χ2v) is 12.4. The number of nitrogens with zero attached hydrogens (tertiary/aromatic N) is 1. The maximum absolute atomic E-state index is 12.9. The molecule has 0 saturated carbocycles. The molecule has 0 bridgehead atoms. The van der Waals surface area contributed by atoms with Crippen LogP contribution in [0, 0.1) is 0 Å². The molecule has 0 amide bonds. The Kier molecular flexibility index (Phi) is 7.90. The molecule has 0 radical (unpaired) electrons. The van der Waals surface area contributed by atoms with E-state index in [1.807, 2.05) is 36.4 Å². The molecule has 8 heteroatoms. The van der Waals surface area contributed by atoms with Crippen molar-refractivity contribution in [1.29, 1.82) is 0 Å². The Morgan fingerprint density at radius 1 is 1.19 bits per heavy atom. The quantitative estimate of drug-likeness (QED) is 0.565. The van der Waals surface area contributed by atoms with Gasteiger partial charge in [-0.3, -0.25) is 4.79 Å². The van der Waals surface area contributed by atoms with Gasteiger partial charge in [0.15, 0.2) is 0 Å². The van der Waals surface area contributed by atoms with Crippen LogP contribution in [0.4, 0.5) is 5.69 Å². The van der Waals surface area contributed by atoms with Gasteiger partial charge >= 0.3 is 5.97 Å². The van der Waals surface area contributed by atoms with Gasteiger partial charge in [0.05, 0.1) is 29.5 Å². The number of sulfonamides is 1. The molecule has 1 unspecified atom stereocenters. The average Bonchev–Trinajstić information content (AvgIpc) is 2.73. The Bertz CT molecular complexity index is 1030. The van der Waals surface area contributed by atoms with Crippen molar-refractivity contribution < 1.29 is 17.9 Å². The van der Waals surface area contributed by atoms with Gasteiger partial charge in [0, 0.05) is 23.7 Å². The summed E-state index contributed by atoms with van der Waals surface area (Å²) in [4.78, 5) is 15.8. The van der Waals surface area contributed by atoms with E-state index in [1.54, 1.807) is 39.5 Å². The van der Waals surface area contributed by atoms with Crippen molar-refractivity contribution in [1.82, 2.24) is 4.72 Å². The zero-order valence-corrected chi connectivity index (χ0v) is 20.8. The van der Waals surface area contributed by atoms with E-state index < -0.39 is 26.8 Å². The summed E-state index contributed by atoms with van der Waals surface area (Å²) >= 11 is 1.79. The number of benzene rings is 2. The maximum Gasteiger partial charge on any atom is 0.307 e. The summed E-state index contributed by atoms with van der Waals surface area (Å²) in [6, 6.07) is 15.5. The second-order valence-electron chi connectivity index (χ2n) is 8.78. The molecule has 0 spiro atoms. The van der Waals surface area contributed by atoms with Gasteiger partial charge in [0.25, 0.3) is 0 Å². The van der Waals surface area contributed by atoms with Crippen LogP contribution in [0.1, 0.15) is 51.3 Å². The fourth-order valence-corrected chi connectivity index (χ4v) is 5.43. The number of anilines is 1. The van der Waals surface area contributed by atoms with E-state index in [4.69, 9.17) is 4.74 Å². The third kappa shape index (κ3) is 6.05. The molecule has 1 aliphatic heterocycles. The first-order chi connectivity index (χ1) is 15.1. The summed E-state index contributed by atoms with van der Waals surface area (Å²) in [5.74, 6) is 0.560. The summed E-state index contributed by atoms with van der Waals surface area (Å²) in [7, 11) is -3.67. The third-order valence-electron chi connectivity index (χ3n) is 5.34. The van der Waals surface area contributed by atoms with Crippen LogP contribution in [-0.2, 0) is 26.1 Å². The van der Waals surface area contributed by atoms with Gasteiger partial charge in [0.1, 0.15) is 0 Å². The van der Waals surface area contributed by atoms with Crippen molar-refractivity contribution in [3.05, 3.63) is 59.7 Å². The molecule has 0 aromatic heterocycles. The molecule has 174 valence electrons. The van der Waals surface area contributed by atoms with Gasteiger partial charge in [-0.15, -0.1) is 11.8 Å². The highest BCUT2D eigenvalue weighted by atomic mass is 32.2. The molecule has 1 atom stereocenters. The smallest absolute Gasteiger partial charge is 0.307 e. The highest BCUT2D eigenvalue weighted by molar-refractivity contribution is 7.99. The van der Waals surface area contributed by atoms with Crippen LogP contribution >= 0.6 is 11.8 Å². The molecule has 6 nitrogen and oxygen atoms in total. The summed E-state index contributed by atoms with van der Waals surface area (Å²) < 4.78 is 32.7. The number of hydrogen-bond donors (Lipinski definition) is 1. The summed E-state index contributed by atoms with van der Waals surface area (Å²) in [5, 5.41) is 0. The summed E-state index contributed by atoms with van der Waals surface area (Å²) in [5.41, 5.74) is 3.03. The molecule has 3 rings (SSSR count). The number of fused-ring (bicyclic) bond motifs is 1. The van der Waals surface area contributed by atoms with Crippen molar-refractivity contribution >= 4 is 33.4 Å². The lowest BCUT2D eigenvalue weighted by Crippen LogP contribution is -2.42. The molecule has 2 aromatic carbocycles. The van der Waals surface area contributed by atoms with Crippen LogP contribution in [0.2, 0.25) is 0 Å². The largest absolute Gasteiger partial charge is 0.466 e. The van der Waals surface area contributed by atoms with E-state index >= 15 is 0 Å². The molecule has 1 aliphatic rings. The zero-order chi connectivity index (χ0) is 23.4. The number of ether oxygens (including phenoxy) is 1. The third-order valence-corrected chi connectivity index (χ3v) is 8.59. The molecular weight excluding hydrogens is 444 g/mol. The van der Waals surface area contributed by atoms with Crippen molar-refractivity contribution in [3.63, 3.8) is 0 Å². The average molecular weight is 477 g/mol. The summed E-state index contributed by atoms with van der Waals surface area (Å²) in [6.07, 6.45) is -0.0617. The normalized spacial score (nSPS) is 15.2. The number of carbonyl (C=O) groups excluding carboxylic acids is 1. The van der Waals surface area contributed by atoms with E-state index in [1.165, 1.54) is 5.56 Å². The molecule has 0 fully saturated rings. The number of carbonyl (C=O) groups is 1. The second kappa shape index (κ2) is 10.3. The van der Waals surface area contributed by atoms with E-state index in [0.29, 0.717) is 0 Å². The van der Waals surface area contributed by atoms with Crippen LogP contribution in [0.5, 0.6) is 0 Å². The van der Waals surface area contributed by atoms with Gasteiger partial charge in [0.2, 0.25) is 10.0 Å². The minimum atomic E-state index is -3.67. The number of hydrogen-bond acceptors (Lipinski definition) is 6. The van der Waals surface area contributed by atoms with Crippen molar-refractivity contribution in [2.24, 2.45) is 0 Å². The fourth-order valence-electron chi connectivity index (χ4n) is 3.45. The van der Waals surface area contributed by atoms with Crippen LogP contribution in [0.3, 0.4) is 0 Å². The highest BCUT2D eigenvalue weighted by Crippen LogP contribution is 2.38. The van der Waals surface area contributed by atoms with Gasteiger partial charge in [-0.1, -0.05) is 36.4 Å². The van der Waals surface area contributed by atoms with Gasteiger partial charge < -0.3 is 9.64 Å². The van der Waals surface area contributed by atoms with Crippen LogP contribution in [0.15, 0.2) is 53.4 Å². The van der Waals surface area contributed by atoms with E-state index in [2.05, 4.69) is 21.8 Å². The molecule has 0 aliphatic carbocycles. The number of thioether (sulfide) groups is 1. The maximum atomic E-state index is 12.9. The number of rotatable bonds is 8. The zero-order valence-electron chi connectivity index (χ0n) is 19.1. The van der Waals surface area contributed by atoms with Gasteiger partial charge in [-0.25, -0.2) is 13.1 Å². The lowest BCUT2D eigenvalue weighted by atomic mass is 10.0. The molecular formula is C24H32N2O4S2. The highest BCUT2D eigenvalue weighted by Gasteiger charge is 2.33. The van der Waals surface area contributed by atoms with Crippen LogP contribution in [-0.4, -0.2) is 38.0 Å². The van der Waals surface area contributed by atoms with Crippen molar-refractivity contribution in [2.75, 3.05) is 23.8 Å². The van der Waals surface area contributed by atoms with E-state index in [0.717, 1.165) is 35.0 Å². The first kappa shape index (κ1) is 24.6. The topological polar surface area (TPSA) is 75.7 Å². The Labute approximate surface area is 195 Å². The minimum absolute atomic E-state index is 0.0617. The SMILES string of the molecule is CCOC(=O)CC(NS(=O)(=O)C(C)(C)C)c1ccc2c(c1)N(Cc1ccccc1)CCS2. The lowest BCUT2D eigenvalue weighted by Gasteiger charge is -2.32. The predicted molar refractivity (Wildman–Crippen MR) is 130 cm³/mol. The first-order valence-electron chi connectivity index (χ1n) is 10.8. The molecule has 0 saturated heterocycles. The monoisotopic (exact) mass is 476 g/mol. The summed E-state index contributed by atoms with van der Waals surface area (Å²) in [6.45, 7) is 8.58. The Morgan fingerprint density at radius 2 is 1.91 bits per heavy atom. The molecule has 2 aromatic rings. The Balaban J connectivity index is 1.94. The lowest BCUT2D eigenvalue weighted by molar-refractivity contribution is -0.143. The van der Waals surface area contributed by atoms with E-state index in [9.17, 15) is 13.2 Å². The first-order valence-corrected chi connectivity index (χ1v) is 13.3. The standard InChI is InChI=1S/C24H32N2O4S2/c1-5-30-23(27)16-20(25-32(28,29)24(2,3)4)19-11-12-22-21(15-19)26(13-14-31-22)17-18-9-7-6-8-10-18/h6-12,15,20,25H,5,13-14,16-17H2,1-4H3. The van der Waals surface area contributed by atoms with Crippen molar-refractivity contribution in [3.8, 4) is 0 Å². The van der Waals surface area contributed by atoms with Crippen LogP contribution in [0.25, 0.3) is 0 Å². The van der Waals surface area contributed by atoms with Gasteiger partial charge in [-0.05, 0) is 51.0 Å². The minimum Gasteiger partial charge on any atom is -0.466 e. The molecule has 1 heterocycles. The fraction of sp³-hybridized carbons (Fsp3) is 0.458. The molecule has 1 N–H and O–H groups in total. The predicted octanol–water partition coefficient (Wildman–Crippen LogP) is 4.51. The number of nitrogens with one attached hydrogen (secondary N) is 1. The number of esters is 1. The van der Waals surface area contributed by atoms with E-state index in [-0.39, 0.29) is 13.0 Å².